The lowest BCUT2D eigenvalue weighted by Crippen LogP contribution is -2.37. The molecule has 0 radical (unpaired) electrons. The van der Waals surface area contributed by atoms with Crippen LogP contribution in [-0.2, 0) is 19.2 Å². The van der Waals surface area contributed by atoms with E-state index in [0.717, 1.165) is 6.42 Å². The summed E-state index contributed by atoms with van der Waals surface area (Å²) in [5.74, 6) is -0.0660. The fourth-order valence-corrected chi connectivity index (χ4v) is 2.81. The van der Waals surface area contributed by atoms with Gasteiger partial charge in [-0.05, 0) is 45.4 Å². The highest BCUT2D eigenvalue weighted by atomic mass is 16.6. The third-order valence-electron chi connectivity index (χ3n) is 3.93. The Morgan fingerprint density at radius 3 is 2.55 bits per heavy atom. The molecule has 0 spiro atoms. The average Bonchev–Trinajstić information content (AvgIpc) is 2.70. The van der Waals surface area contributed by atoms with Crippen LogP contribution in [0.15, 0.2) is 5.16 Å². The highest BCUT2D eigenvalue weighted by Crippen LogP contribution is 2.35. The van der Waals surface area contributed by atoms with Gasteiger partial charge in [-0.15, -0.1) is 0 Å². The first-order chi connectivity index (χ1) is 10.1. The normalized spacial score (nSPS) is 25.3. The third kappa shape index (κ3) is 5.78. The molecule has 0 aliphatic heterocycles. The molecule has 126 valence electrons. The maximum Gasteiger partial charge on any atom is 0.302 e. The van der Waals surface area contributed by atoms with Gasteiger partial charge >= 0.3 is 5.97 Å². The molecule has 1 aliphatic carbocycles. The second-order valence-electron chi connectivity index (χ2n) is 7.29. The van der Waals surface area contributed by atoms with Crippen molar-refractivity contribution in [2.24, 2.45) is 22.9 Å². The van der Waals surface area contributed by atoms with Crippen LogP contribution in [0.3, 0.4) is 0 Å². The quantitative estimate of drug-likeness (QED) is 0.428. The standard InChI is InChI=1S/C17H29NO4/c1-11-7-8-14(20)15(11)16(21-13(3)19)12(2)9-10-18-22-17(4,5)6/h10-12,15-16H,7-9H2,1-6H3/t11?,12-,15-,16-/m1/s1. The summed E-state index contributed by atoms with van der Waals surface area (Å²) >= 11 is 0. The molecule has 0 aromatic carbocycles. The number of carbonyl (C=O) groups is 2. The van der Waals surface area contributed by atoms with Crippen LogP contribution in [0.4, 0.5) is 0 Å². The molecule has 1 rings (SSSR count). The first kappa shape index (κ1) is 18.7. The number of ketones is 1. The van der Waals surface area contributed by atoms with Gasteiger partial charge in [0.1, 0.15) is 17.5 Å². The molecule has 4 atom stereocenters. The van der Waals surface area contributed by atoms with Crippen LogP contribution in [0, 0.1) is 17.8 Å². The van der Waals surface area contributed by atoms with E-state index in [1.54, 1.807) is 6.21 Å². The van der Waals surface area contributed by atoms with Crippen LogP contribution in [0.1, 0.15) is 60.8 Å². The highest BCUT2D eigenvalue weighted by Gasteiger charge is 2.41. The summed E-state index contributed by atoms with van der Waals surface area (Å²) in [6, 6.07) is 0. The number of hydrogen-bond acceptors (Lipinski definition) is 5. The number of rotatable bonds is 6. The van der Waals surface area contributed by atoms with E-state index >= 15 is 0 Å². The predicted octanol–water partition coefficient (Wildman–Crippen LogP) is 3.36. The van der Waals surface area contributed by atoms with E-state index in [4.69, 9.17) is 9.57 Å². The van der Waals surface area contributed by atoms with Gasteiger partial charge in [-0.3, -0.25) is 9.59 Å². The van der Waals surface area contributed by atoms with E-state index < -0.39 is 0 Å². The smallest absolute Gasteiger partial charge is 0.302 e. The first-order valence-corrected chi connectivity index (χ1v) is 8.01. The van der Waals surface area contributed by atoms with Gasteiger partial charge < -0.3 is 9.57 Å². The molecule has 1 unspecified atom stereocenters. The van der Waals surface area contributed by atoms with E-state index in [1.807, 2.05) is 27.7 Å². The summed E-state index contributed by atoms with van der Waals surface area (Å²) in [6.07, 6.45) is 3.36. The van der Waals surface area contributed by atoms with Gasteiger partial charge in [0.15, 0.2) is 0 Å². The Bertz CT molecular complexity index is 425. The minimum Gasteiger partial charge on any atom is -0.461 e. The van der Waals surface area contributed by atoms with Crippen molar-refractivity contribution in [1.82, 2.24) is 0 Å². The fraction of sp³-hybridized carbons (Fsp3) is 0.824. The molecule has 1 fully saturated rings. The monoisotopic (exact) mass is 311 g/mol. The van der Waals surface area contributed by atoms with Gasteiger partial charge in [0.05, 0.1) is 5.92 Å². The number of ether oxygens (including phenoxy) is 1. The van der Waals surface area contributed by atoms with Gasteiger partial charge in [-0.1, -0.05) is 19.0 Å². The molecule has 0 aromatic rings. The molecular formula is C17H29NO4. The van der Waals surface area contributed by atoms with Gasteiger partial charge in [0, 0.05) is 19.6 Å². The van der Waals surface area contributed by atoms with Crippen molar-refractivity contribution in [1.29, 1.82) is 0 Å². The van der Waals surface area contributed by atoms with Gasteiger partial charge in [-0.2, -0.15) is 0 Å². The van der Waals surface area contributed by atoms with Crippen molar-refractivity contribution < 1.29 is 19.2 Å². The zero-order chi connectivity index (χ0) is 16.9. The summed E-state index contributed by atoms with van der Waals surface area (Å²) in [4.78, 5) is 28.8. The molecule has 5 nitrogen and oxygen atoms in total. The Morgan fingerprint density at radius 1 is 1.45 bits per heavy atom. The van der Waals surface area contributed by atoms with Crippen molar-refractivity contribution in [2.45, 2.75) is 72.5 Å². The van der Waals surface area contributed by atoms with E-state index in [1.165, 1.54) is 6.92 Å². The average molecular weight is 311 g/mol. The summed E-state index contributed by atoms with van der Waals surface area (Å²) in [5, 5.41) is 3.96. The molecular weight excluding hydrogens is 282 g/mol. The van der Waals surface area contributed by atoms with Gasteiger partial charge in [0.2, 0.25) is 0 Å². The largest absolute Gasteiger partial charge is 0.461 e. The lowest BCUT2D eigenvalue weighted by Gasteiger charge is -2.29. The van der Waals surface area contributed by atoms with Crippen LogP contribution in [0.2, 0.25) is 0 Å². The number of carbonyl (C=O) groups excluding carboxylic acids is 2. The van der Waals surface area contributed by atoms with E-state index in [2.05, 4.69) is 12.1 Å². The van der Waals surface area contributed by atoms with Crippen molar-refractivity contribution in [3.05, 3.63) is 0 Å². The second kappa shape index (κ2) is 7.75. The summed E-state index contributed by atoms with van der Waals surface area (Å²) in [6.45, 7) is 11.2. The first-order valence-electron chi connectivity index (χ1n) is 8.01. The van der Waals surface area contributed by atoms with E-state index in [9.17, 15) is 9.59 Å². The van der Waals surface area contributed by atoms with E-state index in [-0.39, 0.29) is 41.2 Å². The second-order valence-corrected chi connectivity index (χ2v) is 7.29. The SMILES string of the molecule is CC(=O)O[C@H]([C@H](C)CC=NOC(C)(C)C)[C@H]1C(=O)CCC1C. The molecule has 0 N–H and O–H groups in total. The van der Waals surface area contributed by atoms with Crippen molar-refractivity contribution in [3.63, 3.8) is 0 Å². The van der Waals surface area contributed by atoms with Crippen molar-refractivity contribution in [2.75, 3.05) is 0 Å². The van der Waals surface area contributed by atoms with Crippen molar-refractivity contribution >= 4 is 18.0 Å². The van der Waals surface area contributed by atoms with Crippen molar-refractivity contribution in [3.8, 4) is 0 Å². The molecule has 0 bridgehead atoms. The zero-order valence-electron chi connectivity index (χ0n) is 14.6. The maximum absolute atomic E-state index is 12.1. The molecule has 22 heavy (non-hydrogen) atoms. The van der Waals surface area contributed by atoms with E-state index in [0.29, 0.717) is 12.8 Å². The molecule has 0 aromatic heterocycles. The predicted molar refractivity (Wildman–Crippen MR) is 85.6 cm³/mol. The minimum atomic E-state index is -0.386. The summed E-state index contributed by atoms with van der Waals surface area (Å²) in [5.41, 5.74) is -0.328. The van der Waals surface area contributed by atoms with Crippen LogP contribution >= 0.6 is 0 Å². The molecule has 0 saturated heterocycles. The molecule has 0 heterocycles. The number of esters is 1. The fourth-order valence-electron chi connectivity index (χ4n) is 2.81. The summed E-state index contributed by atoms with van der Waals surface area (Å²) in [7, 11) is 0. The third-order valence-corrected chi connectivity index (χ3v) is 3.93. The number of oxime groups is 1. The Balaban J connectivity index is 2.70. The Morgan fingerprint density at radius 2 is 2.09 bits per heavy atom. The number of hydrogen-bond donors (Lipinski definition) is 0. The van der Waals surface area contributed by atoms with Crippen LogP contribution < -0.4 is 0 Å². The zero-order valence-corrected chi connectivity index (χ0v) is 14.6. The molecule has 1 aliphatic rings. The van der Waals surface area contributed by atoms with Crippen LogP contribution in [0.5, 0.6) is 0 Å². The topological polar surface area (TPSA) is 65.0 Å². The summed E-state index contributed by atoms with van der Waals surface area (Å²) < 4.78 is 5.47. The Labute approximate surface area is 133 Å². The van der Waals surface area contributed by atoms with Crippen LogP contribution in [-0.4, -0.2) is 29.7 Å². The molecule has 0 amide bonds. The van der Waals surface area contributed by atoms with Gasteiger partial charge in [0.25, 0.3) is 0 Å². The Kier molecular flexibility index (Phi) is 6.57. The molecule has 5 heteroatoms. The number of nitrogens with zero attached hydrogens (tertiary/aromatic N) is 1. The van der Waals surface area contributed by atoms with Crippen LogP contribution in [0.25, 0.3) is 0 Å². The lowest BCUT2D eigenvalue weighted by atomic mass is 9.83. The maximum atomic E-state index is 12.1. The number of Topliss-reactive ketones (excluding diaryl/α,β-unsaturated/α-hetero) is 1. The minimum absolute atomic E-state index is 0.0192. The molecule has 1 saturated carbocycles. The van der Waals surface area contributed by atoms with Gasteiger partial charge in [-0.25, -0.2) is 0 Å². The Hall–Kier alpha value is -1.39. The lowest BCUT2D eigenvalue weighted by molar-refractivity contribution is -0.154. The highest BCUT2D eigenvalue weighted by molar-refractivity contribution is 5.84.